The van der Waals surface area contributed by atoms with Gasteiger partial charge in [-0.3, -0.25) is 4.79 Å². The summed E-state index contributed by atoms with van der Waals surface area (Å²) < 4.78 is 16.4. The predicted molar refractivity (Wildman–Crippen MR) is 107 cm³/mol. The fraction of sp³-hybridized carbons (Fsp3) is 0.227. The summed E-state index contributed by atoms with van der Waals surface area (Å²) in [6, 6.07) is 11.1. The van der Waals surface area contributed by atoms with Crippen LogP contribution in [0.5, 0.6) is 11.5 Å². The number of benzene rings is 2. The molecule has 5 nitrogen and oxygen atoms in total. The molecular formula is C22H23NO4. The number of carbonyl (C=O) groups excluding carboxylic acids is 1. The molecule has 27 heavy (non-hydrogen) atoms. The Morgan fingerprint density at radius 3 is 2.63 bits per heavy atom. The van der Waals surface area contributed by atoms with Crippen LogP contribution in [0.3, 0.4) is 0 Å². The number of nitrogens with one attached hydrogen (secondary N) is 1. The van der Waals surface area contributed by atoms with Crippen LogP contribution < -0.4 is 14.8 Å². The minimum absolute atomic E-state index is 0.205. The van der Waals surface area contributed by atoms with Crippen LogP contribution in [0.4, 0.5) is 5.69 Å². The minimum Gasteiger partial charge on any atom is -0.497 e. The molecule has 3 aromatic rings. The van der Waals surface area contributed by atoms with Crippen molar-refractivity contribution in [1.29, 1.82) is 0 Å². The van der Waals surface area contributed by atoms with Crippen molar-refractivity contribution in [3.05, 3.63) is 59.9 Å². The van der Waals surface area contributed by atoms with Crippen LogP contribution in [-0.4, -0.2) is 19.6 Å². The summed E-state index contributed by atoms with van der Waals surface area (Å²) in [6.07, 6.45) is 3.29. The Bertz CT molecular complexity index is 983. The zero-order valence-corrected chi connectivity index (χ0v) is 16.0. The molecule has 1 N–H and O–H groups in total. The van der Waals surface area contributed by atoms with Crippen molar-refractivity contribution in [3.63, 3.8) is 0 Å². The summed E-state index contributed by atoms with van der Waals surface area (Å²) in [6.45, 7) is 6.35. The van der Waals surface area contributed by atoms with Crippen LogP contribution >= 0.6 is 0 Å². The number of furan rings is 1. The van der Waals surface area contributed by atoms with E-state index < -0.39 is 0 Å². The molecule has 0 atom stereocenters. The summed E-state index contributed by atoms with van der Waals surface area (Å²) in [5, 5.41) is 3.87. The van der Waals surface area contributed by atoms with Crippen molar-refractivity contribution in [2.75, 3.05) is 19.0 Å². The Hall–Kier alpha value is -3.21. The molecule has 0 spiro atoms. The zero-order chi connectivity index (χ0) is 19.4. The summed E-state index contributed by atoms with van der Waals surface area (Å²) in [4.78, 5) is 12.4. The molecule has 0 aliphatic heterocycles. The molecule has 0 saturated heterocycles. The number of hydrogen-bond donors (Lipinski definition) is 1. The third-order valence-electron chi connectivity index (χ3n) is 4.30. The zero-order valence-electron chi connectivity index (χ0n) is 16.0. The lowest BCUT2D eigenvalue weighted by molar-refractivity contribution is -0.111. The van der Waals surface area contributed by atoms with Crippen LogP contribution in [0.2, 0.25) is 0 Å². The van der Waals surface area contributed by atoms with Crippen molar-refractivity contribution in [1.82, 2.24) is 0 Å². The second-order valence-electron chi connectivity index (χ2n) is 6.24. The van der Waals surface area contributed by atoms with E-state index in [-0.39, 0.29) is 5.91 Å². The molecule has 0 saturated carbocycles. The Balaban J connectivity index is 1.88. The summed E-state index contributed by atoms with van der Waals surface area (Å²) in [5.74, 6) is 1.24. The van der Waals surface area contributed by atoms with Gasteiger partial charge in [0.25, 0.3) is 0 Å². The first kappa shape index (κ1) is 18.6. The number of carbonyl (C=O) groups is 1. The van der Waals surface area contributed by atoms with Gasteiger partial charge in [0.2, 0.25) is 5.91 Å². The van der Waals surface area contributed by atoms with Gasteiger partial charge in [-0.25, -0.2) is 0 Å². The largest absolute Gasteiger partial charge is 0.497 e. The normalized spacial score (nSPS) is 11.5. The number of rotatable bonds is 6. The number of fused-ring (bicyclic) bond motifs is 1. The second kappa shape index (κ2) is 7.99. The van der Waals surface area contributed by atoms with Gasteiger partial charge < -0.3 is 19.2 Å². The van der Waals surface area contributed by atoms with Crippen LogP contribution in [0.1, 0.15) is 25.0 Å². The summed E-state index contributed by atoms with van der Waals surface area (Å²) in [5.41, 5.74) is 4.21. The van der Waals surface area contributed by atoms with Gasteiger partial charge in [-0.1, -0.05) is 0 Å². The maximum Gasteiger partial charge on any atom is 0.248 e. The molecule has 0 unspecified atom stereocenters. The van der Waals surface area contributed by atoms with Crippen molar-refractivity contribution < 1.29 is 18.7 Å². The molecular weight excluding hydrogens is 342 g/mol. The van der Waals surface area contributed by atoms with E-state index in [9.17, 15) is 4.79 Å². The molecule has 1 aromatic heterocycles. The summed E-state index contributed by atoms with van der Waals surface area (Å²) >= 11 is 0. The van der Waals surface area contributed by atoms with E-state index >= 15 is 0 Å². The molecule has 5 heteroatoms. The molecule has 3 rings (SSSR count). The molecule has 0 aliphatic rings. The van der Waals surface area contributed by atoms with Gasteiger partial charge in [0, 0.05) is 28.8 Å². The first-order chi connectivity index (χ1) is 13.0. The maximum atomic E-state index is 12.4. The SMILES string of the molecule is CCOc1cc2occ(C)c2cc1/C(C)=C/C(=O)Nc1ccc(OC)cc1. The fourth-order valence-electron chi connectivity index (χ4n) is 2.89. The lowest BCUT2D eigenvalue weighted by Gasteiger charge is -2.11. The first-order valence-electron chi connectivity index (χ1n) is 8.80. The minimum atomic E-state index is -0.205. The average Bonchev–Trinajstić information content (AvgIpc) is 3.02. The number of amides is 1. The van der Waals surface area contributed by atoms with E-state index in [4.69, 9.17) is 13.9 Å². The third kappa shape index (κ3) is 4.14. The van der Waals surface area contributed by atoms with Gasteiger partial charge in [-0.05, 0) is 62.2 Å². The number of ether oxygens (including phenoxy) is 2. The lowest BCUT2D eigenvalue weighted by atomic mass is 10.0. The quantitative estimate of drug-likeness (QED) is 0.611. The number of methoxy groups -OCH3 is 1. The van der Waals surface area contributed by atoms with Crippen LogP contribution in [0.25, 0.3) is 16.5 Å². The van der Waals surface area contributed by atoms with E-state index in [0.717, 1.165) is 33.4 Å². The van der Waals surface area contributed by atoms with Gasteiger partial charge in [0.05, 0.1) is 20.0 Å². The second-order valence-corrected chi connectivity index (χ2v) is 6.24. The molecule has 0 fully saturated rings. The van der Waals surface area contributed by atoms with E-state index in [0.29, 0.717) is 18.0 Å². The van der Waals surface area contributed by atoms with Crippen molar-refractivity contribution in [3.8, 4) is 11.5 Å². The van der Waals surface area contributed by atoms with E-state index in [1.807, 2.05) is 32.9 Å². The van der Waals surface area contributed by atoms with Crippen molar-refractivity contribution >= 4 is 28.1 Å². The van der Waals surface area contributed by atoms with E-state index in [1.165, 1.54) is 0 Å². The Morgan fingerprint density at radius 1 is 1.22 bits per heavy atom. The number of aryl methyl sites for hydroxylation is 1. The van der Waals surface area contributed by atoms with E-state index in [1.54, 1.807) is 43.7 Å². The van der Waals surface area contributed by atoms with Crippen molar-refractivity contribution in [2.24, 2.45) is 0 Å². The van der Waals surface area contributed by atoms with Crippen LogP contribution in [0.15, 0.2) is 53.2 Å². The molecule has 1 amide bonds. The molecule has 1 heterocycles. The smallest absolute Gasteiger partial charge is 0.248 e. The average molecular weight is 365 g/mol. The molecule has 2 aromatic carbocycles. The number of anilines is 1. The highest BCUT2D eigenvalue weighted by Gasteiger charge is 2.13. The highest BCUT2D eigenvalue weighted by Crippen LogP contribution is 2.33. The standard InChI is InChI=1S/C22H23NO4/c1-5-26-20-12-21-19(15(3)13-27-21)11-18(20)14(2)10-22(24)23-16-6-8-17(25-4)9-7-16/h6-13H,5H2,1-4H3,(H,23,24)/b14-10+. The van der Waals surface area contributed by atoms with Gasteiger partial charge in [-0.2, -0.15) is 0 Å². The fourth-order valence-corrected chi connectivity index (χ4v) is 2.89. The van der Waals surface area contributed by atoms with Crippen LogP contribution in [0, 0.1) is 6.92 Å². The Labute approximate surface area is 158 Å². The van der Waals surface area contributed by atoms with Gasteiger partial charge in [0.15, 0.2) is 0 Å². The molecule has 0 aliphatic carbocycles. The van der Waals surface area contributed by atoms with Crippen molar-refractivity contribution in [2.45, 2.75) is 20.8 Å². The maximum absolute atomic E-state index is 12.4. The highest BCUT2D eigenvalue weighted by atomic mass is 16.5. The molecule has 140 valence electrons. The van der Waals surface area contributed by atoms with Gasteiger partial charge in [-0.15, -0.1) is 0 Å². The first-order valence-corrected chi connectivity index (χ1v) is 8.80. The Morgan fingerprint density at radius 2 is 1.96 bits per heavy atom. The number of allylic oxidation sites excluding steroid dienone is 1. The predicted octanol–water partition coefficient (Wildman–Crippen LogP) is 5.19. The summed E-state index contributed by atoms with van der Waals surface area (Å²) in [7, 11) is 1.61. The third-order valence-corrected chi connectivity index (χ3v) is 4.30. The Kier molecular flexibility index (Phi) is 5.50. The lowest BCUT2D eigenvalue weighted by Crippen LogP contribution is -2.08. The van der Waals surface area contributed by atoms with Gasteiger partial charge in [0.1, 0.15) is 17.1 Å². The molecule has 0 bridgehead atoms. The van der Waals surface area contributed by atoms with Crippen LogP contribution in [-0.2, 0) is 4.79 Å². The molecule has 0 radical (unpaired) electrons. The number of hydrogen-bond acceptors (Lipinski definition) is 4. The highest BCUT2D eigenvalue weighted by molar-refractivity contribution is 6.04. The monoisotopic (exact) mass is 365 g/mol. The van der Waals surface area contributed by atoms with Gasteiger partial charge >= 0.3 is 0 Å². The van der Waals surface area contributed by atoms with E-state index in [2.05, 4.69) is 5.32 Å². The topological polar surface area (TPSA) is 60.7 Å².